The van der Waals surface area contributed by atoms with Crippen LogP contribution in [0.15, 0.2) is 0 Å². The maximum absolute atomic E-state index is 10.0. The van der Waals surface area contributed by atoms with Crippen LogP contribution in [0.2, 0.25) is 5.28 Å². The minimum atomic E-state index is -0.340. The maximum Gasteiger partial charge on any atom is 0.231 e. The monoisotopic (exact) mass is 311 g/mol. The van der Waals surface area contributed by atoms with Gasteiger partial charge in [-0.1, -0.05) is 12.8 Å². The molecule has 116 valence electrons. The lowest BCUT2D eigenvalue weighted by Gasteiger charge is -2.29. The molecule has 1 aliphatic heterocycles. The Morgan fingerprint density at radius 2 is 1.76 bits per heavy atom. The van der Waals surface area contributed by atoms with E-state index in [0.717, 1.165) is 51.6 Å². The second-order valence-electron chi connectivity index (χ2n) is 5.88. The molecule has 6 nitrogen and oxygen atoms in total. The van der Waals surface area contributed by atoms with Crippen LogP contribution < -0.4 is 10.2 Å². The number of aliphatic hydroxyl groups excluding tert-OH is 1. The molecule has 2 aliphatic rings. The van der Waals surface area contributed by atoms with E-state index in [2.05, 4.69) is 25.2 Å². The lowest BCUT2D eigenvalue weighted by Crippen LogP contribution is -2.37. The quantitative estimate of drug-likeness (QED) is 0.891. The highest BCUT2D eigenvalue weighted by atomic mass is 35.5. The van der Waals surface area contributed by atoms with E-state index in [9.17, 15) is 5.11 Å². The fourth-order valence-corrected chi connectivity index (χ4v) is 3.24. The molecule has 2 heterocycles. The molecule has 2 atom stereocenters. The summed E-state index contributed by atoms with van der Waals surface area (Å²) in [7, 11) is 0. The molecule has 1 saturated carbocycles. The minimum absolute atomic E-state index is 0.00595. The number of hydrogen-bond donors (Lipinski definition) is 2. The number of piperidine rings is 1. The molecule has 0 radical (unpaired) electrons. The highest BCUT2D eigenvalue weighted by Gasteiger charge is 2.24. The number of anilines is 2. The van der Waals surface area contributed by atoms with Gasteiger partial charge in [-0.25, -0.2) is 0 Å². The molecule has 21 heavy (non-hydrogen) atoms. The van der Waals surface area contributed by atoms with Crippen LogP contribution in [0.5, 0.6) is 0 Å². The van der Waals surface area contributed by atoms with Gasteiger partial charge in [-0.2, -0.15) is 15.0 Å². The fraction of sp³-hybridized carbons (Fsp3) is 0.786. The Bertz CT molecular complexity index is 480. The summed E-state index contributed by atoms with van der Waals surface area (Å²) in [6.45, 7) is 1.93. The topological polar surface area (TPSA) is 74.2 Å². The first-order valence-electron chi connectivity index (χ1n) is 7.83. The molecule has 1 aromatic heterocycles. The van der Waals surface area contributed by atoms with Crippen molar-refractivity contribution in [2.24, 2.45) is 0 Å². The van der Waals surface area contributed by atoms with Gasteiger partial charge >= 0.3 is 0 Å². The van der Waals surface area contributed by atoms with Crippen molar-refractivity contribution in [3.63, 3.8) is 0 Å². The van der Waals surface area contributed by atoms with E-state index in [1.165, 1.54) is 6.42 Å². The molecule has 0 aromatic carbocycles. The average Bonchev–Trinajstić information content (AvgIpc) is 2.50. The summed E-state index contributed by atoms with van der Waals surface area (Å²) in [5.41, 5.74) is 0. The van der Waals surface area contributed by atoms with Gasteiger partial charge < -0.3 is 15.3 Å². The maximum atomic E-state index is 10.0. The highest BCUT2D eigenvalue weighted by molar-refractivity contribution is 6.28. The van der Waals surface area contributed by atoms with Gasteiger partial charge in [0.25, 0.3) is 0 Å². The molecule has 2 N–H and O–H groups in total. The molecule has 1 aromatic rings. The van der Waals surface area contributed by atoms with Crippen molar-refractivity contribution >= 4 is 23.5 Å². The normalized spacial score (nSPS) is 26.7. The van der Waals surface area contributed by atoms with Crippen LogP contribution >= 0.6 is 11.6 Å². The third-order valence-electron chi connectivity index (χ3n) is 4.28. The molecule has 3 rings (SSSR count). The number of rotatable bonds is 3. The molecule has 2 fully saturated rings. The lowest BCUT2D eigenvalue weighted by molar-refractivity contribution is 0.116. The van der Waals surface area contributed by atoms with Gasteiger partial charge in [-0.3, -0.25) is 0 Å². The summed E-state index contributed by atoms with van der Waals surface area (Å²) in [5, 5.41) is 13.5. The zero-order valence-electron chi connectivity index (χ0n) is 12.1. The van der Waals surface area contributed by atoms with Gasteiger partial charge in [-0.15, -0.1) is 0 Å². The van der Waals surface area contributed by atoms with Crippen LogP contribution in [0.3, 0.4) is 0 Å². The third-order valence-corrected chi connectivity index (χ3v) is 4.45. The Balaban J connectivity index is 1.73. The Labute approximate surface area is 130 Å². The van der Waals surface area contributed by atoms with E-state index in [1.807, 2.05) is 0 Å². The van der Waals surface area contributed by atoms with Gasteiger partial charge in [0.05, 0.1) is 12.1 Å². The number of hydrogen-bond acceptors (Lipinski definition) is 6. The summed E-state index contributed by atoms with van der Waals surface area (Å²) < 4.78 is 0. The number of halogens is 1. The molecule has 0 amide bonds. The molecule has 1 saturated heterocycles. The Morgan fingerprint density at radius 1 is 1.00 bits per heavy atom. The molecule has 0 bridgehead atoms. The van der Waals surface area contributed by atoms with Crippen LogP contribution in [0.1, 0.15) is 44.9 Å². The standard InChI is InChI=1S/C14H22ClN5O/c15-12-17-13(16-10-6-2-3-7-11(10)21)19-14(18-12)20-8-4-1-5-9-20/h10-11,21H,1-9H2,(H,16,17,18,19). The first kappa shape index (κ1) is 14.8. The van der Waals surface area contributed by atoms with Crippen LogP contribution in [-0.4, -0.2) is 45.3 Å². The summed E-state index contributed by atoms with van der Waals surface area (Å²) in [5.74, 6) is 1.11. The first-order chi connectivity index (χ1) is 10.2. The van der Waals surface area contributed by atoms with Crippen LogP contribution in [0, 0.1) is 0 Å². The predicted molar refractivity (Wildman–Crippen MR) is 82.8 cm³/mol. The van der Waals surface area contributed by atoms with E-state index in [4.69, 9.17) is 11.6 Å². The molecule has 7 heteroatoms. The van der Waals surface area contributed by atoms with Gasteiger partial charge in [-0.05, 0) is 43.7 Å². The SMILES string of the molecule is OC1CCCCC1Nc1nc(Cl)nc(N2CCCCC2)n1. The summed E-state index contributed by atoms with van der Waals surface area (Å²) >= 11 is 6.03. The molecular formula is C14H22ClN5O. The summed E-state index contributed by atoms with van der Waals surface area (Å²) in [4.78, 5) is 15.0. The number of aliphatic hydroxyl groups is 1. The molecule has 0 spiro atoms. The zero-order valence-corrected chi connectivity index (χ0v) is 12.9. The molecular weight excluding hydrogens is 290 g/mol. The zero-order chi connectivity index (χ0) is 14.7. The largest absolute Gasteiger partial charge is 0.391 e. The number of nitrogens with zero attached hydrogens (tertiary/aromatic N) is 4. The molecule has 2 unspecified atom stereocenters. The minimum Gasteiger partial charge on any atom is -0.391 e. The first-order valence-corrected chi connectivity index (χ1v) is 8.21. The van der Waals surface area contributed by atoms with E-state index >= 15 is 0 Å². The van der Waals surface area contributed by atoms with E-state index < -0.39 is 0 Å². The van der Waals surface area contributed by atoms with E-state index in [1.54, 1.807) is 0 Å². The van der Waals surface area contributed by atoms with Crippen molar-refractivity contribution in [3.05, 3.63) is 5.28 Å². The van der Waals surface area contributed by atoms with Crippen molar-refractivity contribution in [2.45, 2.75) is 57.1 Å². The summed E-state index contributed by atoms with van der Waals surface area (Å²) in [6, 6.07) is 0.00595. The summed E-state index contributed by atoms with van der Waals surface area (Å²) in [6.07, 6.45) is 7.20. The highest BCUT2D eigenvalue weighted by Crippen LogP contribution is 2.23. The van der Waals surface area contributed by atoms with Crippen LogP contribution in [0.4, 0.5) is 11.9 Å². The van der Waals surface area contributed by atoms with E-state index in [-0.39, 0.29) is 17.4 Å². The van der Waals surface area contributed by atoms with Gasteiger partial charge in [0.1, 0.15) is 0 Å². The third kappa shape index (κ3) is 3.74. The number of aromatic nitrogens is 3. The van der Waals surface area contributed by atoms with Gasteiger partial charge in [0.2, 0.25) is 17.2 Å². The molecule has 1 aliphatic carbocycles. The lowest BCUT2D eigenvalue weighted by atomic mass is 9.93. The second-order valence-corrected chi connectivity index (χ2v) is 6.22. The van der Waals surface area contributed by atoms with Crippen LogP contribution in [0.25, 0.3) is 0 Å². The predicted octanol–water partition coefficient (Wildman–Crippen LogP) is 2.23. The fourth-order valence-electron chi connectivity index (χ4n) is 3.08. The smallest absolute Gasteiger partial charge is 0.231 e. The van der Waals surface area contributed by atoms with Gasteiger partial charge in [0.15, 0.2) is 0 Å². The van der Waals surface area contributed by atoms with Crippen molar-refractivity contribution in [3.8, 4) is 0 Å². The second kappa shape index (κ2) is 6.75. The number of nitrogens with one attached hydrogen (secondary N) is 1. The van der Waals surface area contributed by atoms with Crippen molar-refractivity contribution in [1.82, 2.24) is 15.0 Å². The Morgan fingerprint density at radius 3 is 2.52 bits per heavy atom. The Kier molecular flexibility index (Phi) is 4.75. The average molecular weight is 312 g/mol. The van der Waals surface area contributed by atoms with Gasteiger partial charge in [0, 0.05) is 13.1 Å². The Hall–Kier alpha value is -1.14. The van der Waals surface area contributed by atoms with Crippen molar-refractivity contribution in [2.75, 3.05) is 23.3 Å². The van der Waals surface area contributed by atoms with Crippen molar-refractivity contribution in [1.29, 1.82) is 0 Å². The van der Waals surface area contributed by atoms with Crippen LogP contribution in [-0.2, 0) is 0 Å². The van der Waals surface area contributed by atoms with Crippen molar-refractivity contribution < 1.29 is 5.11 Å². The van der Waals surface area contributed by atoms with E-state index in [0.29, 0.717) is 11.9 Å².